The number of nitro benzene ring substituents is 1. The molecule has 0 N–H and O–H groups in total. The fourth-order valence-corrected chi connectivity index (χ4v) is 4.43. The van der Waals surface area contributed by atoms with Gasteiger partial charge in [-0.15, -0.1) is 0 Å². The monoisotopic (exact) mass is 410 g/mol. The van der Waals surface area contributed by atoms with Gasteiger partial charge in [-0.05, 0) is 43.0 Å². The molecular weight excluding hydrogens is 392 g/mol. The van der Waals surface area contributed by atoms with Crippen LogP contribution >= 0.6 is 11.6 Å². The molecule has 1 amide bonds. The van der Waals surface area contributed by atoms with Crippen LogP contribution in [-0.4, -0.2) is 16.6 Å². The number of nitro groups is 1. The molecule has 2 aromatic rings. The quantitative estimate of drug-likeness (QED) is 0.521. The number of hydrogen-bond donors (Lipinski definition) is 0. The van der Waals surface area contributed by atoms with Crippen molar-refractivity contribution in [1.29, 1.82) is 0 Å². The molecular formula is C22H19ClN2O4. The molecule has 29 heavy (non-hydrogen) atoms. The average Bonchev–Trinajstić information content (AvgIpc) is 2.68. The molecule has 4 rings (SSSR count). The van der Waals surface area contributed by atoms with Crippen molar-refractivity contribution in [3.05, 3.63) is 80.0 Å². The van der Waals surface area contributed by atoms with Crippen LogP contribution in [0.25, 0.3) is 0 Å². The summed E-state index contributed by atoms with van der Waals surface area (Å²) in [5.74, 6) is -0.497. The number of hydrogen-bond acceptors (Lipinski definition) is 4. The first-order valence-electron chi connectivity index (χ1n) is 9.46. The van der Waals surface area contributed by atoms with Gasteiger partial charge >= 0.3 is 0 Å². The molecule has 1 unspecified atom stereocenters. The van der Waals surface area contributed by atoms with E-state index in [0.717, 1.165) is 11.1 Å². The lowest BCUT2D eigenvalue weighted by Crippen LogP contribution is -2.40. The van der Waals surface area contributed by atoms with Crippen LogP contribution in [0.4, 0.5) is 11.4 Å². The fourth-order valence-electron chi connectivity index (χ4n) is 4.23. The van der Waals surface area contributed by atoms with Crippen LogP contribution in [0.1, 0.15) is 42.7 Å². The third kappa shape index (κ3) is 3.44. The number of halogens is 1. The number of ketones is 1. The highest BCUT2D eigenvalue weighted by atomic mass is 35.5. The average molecular weight is 411 g/mol. The number of allylic oxidation sites excluding steroid dienone is 2. The lowest BCUT2D eigenvalue weighted by molar-refractivity contribution is -0.384. The second-order valence-corrected chi connectivity index (χ2v) is 7.84. The number of Topliss-reactive ketones (excluding diaryl/α,β-unsaturated/α-hetero) is 1. The number of nitrogens with zero attached hydrogens (tertiary/aromatic N) is 2. The second kappa shape index (κ2) is 7.44. The first-order valence-corrected chi connectivity index (χ1v) is 9.84. The van der Waals surface area contributed by atoms with E-state index in [-0.39, 0.29) is 29.7 Å². The molecule has 6 nitrogen and oxygen atoms in total. The Hall–Kier alpha value is -2.99. The Balaban J connectivity index is 1.89. The zero-order valence-corrected chi connectivity index (χ0v) is 16.6. The summed E-state index contributed by atoms with van der Waals surface area (Å²) in [4.78, 5) is 38.4. The van der Waals surface area contributed by atoms with E-state index in [1.807, 2.05) is 12.1 Å². The molecule has 1 aliphatic heterocycles. The van der Waals surface area contributed by atoms with Crippen LogP contribution in [0, 0.1) is 17.0 Å². The molecule has 0 fully saturated rings. The summed E-state index contributed by atoms with van der Waals surface area (Å²) < 4.78 is 0. The van der Waals surface area contributed by atoms with Gasteiger partial charge in [0, 0.05) is 47.2 Å². The first-order chi connectivity index (χ1) is 13.9. The topological polar surface area (TPSA) is 80.5 Å². The highest BCUT2D eigenvalue weighted by molar-refractivity contribution is 6.30. The van der Waals surface area contributed by atoms with Crippen molar-refractivity contribution in [3.63, 3.8) is 0 Å². The lowest BCUT2D eigenvalue weighted by Gasteiger charge is -2.38. The van der Waals surface area contributed by atoms with Crippen LogP contribution in [0.2, 0.25) is 5.02 Å². The van der Waals surface area contributed by atoms with Gasteiger partial charge in [0.15, 0.2) is 5.78 Å². The van der Waals surface area contributed by atoms with Crippen LogP contribution < -0.4 is 4.90 Å². The number of benzene rings is 2. The van der Waals surface area contributed by atoms with Crippen LogP contribution in [0.5, 0.6) is 0 Å². The largest absolute Gasteiger partial charge is 0.294 e. The maximum Gasteiger partial charge on any atom is 0.271 e. The Bertz CT molecular complexity index is 1080. The molecule has 1 aliphatic carbocycles. The van der Waals surface area contributed by atoms with Gasteiger partial charge < -0.3 is 0 Å². The Morgan fingerprint density at radius 1 is 1.14 bits per heavy atom. The zero-order chi connectivity index (χ0) is 20.7. The van der Waals surface area contributed by atoms with E-state index in [9.17, 15) is 19.7 Å². The molecule has 0 saturated heterocycles. The number of carbonyl (C=O) groups is 2. The molecule has 7 heteroatoms. The molecule has 1 heterocycles. The summed E-state index contributed by atoms with van der Waals surface area (Å²) in [5, 5.41) is 11.8. The van der Waals surface area contributed by atoms with E-state index in [1.165, 1.54) is 17.0 Å². The number of rotatable bonds is 3. The SMILES string of the molecule is Cc1ccc([N+](=O)[O-])cc1N1C(=O)CC(c2cccc(Cl)c2)C2=C1CCCC2=O. The molecule has 1 atom stereocenters. The Morgan fingerprint density at radius 3 is 2.66 bits per heavy atom. The molecule has 148 valence electrons. The molecule has 0 radical (unpaired) electrons. The Kier molecular flexibility index (Phi) is 4.96. The van der Waals surface area contributed by atoms with Crippen LogP contribution in [0.15, 0.2) is 53.7 Å². The standard InChI is InChI=1S/C22H19ClN2O4/c1-13-8-9-16(25(28)29)11-19(13)24-18-6-3-7-20(26)22(18)17(12-21(24)27)14-4-2-5-15(23)10-14/h2,4-5,8-11,17H,3,6-7,12H2,1H3. The van der Waals surface area contributed by atoms with E-state index >= 15 is 0 Å². The minimum atomic E-state index is -0.479. The number of anilines is 1. The summed E-state index contributed by atoms with van der Waals surface area (Å²) in [7, 11) is 0. The molecule has 0 bridgehead atoms. The van der Waals surface area contributed by atoms with Crippen molar-refractivity contribution >= 4 is 34.7 Å². The normalized spacial score (nSPS) is 19.4. The van der Waals surface area contributed by atoms with Gasteiger partial charge in [-0.25, -0.2) is 0 Å². The summed E-state index contributed by atoms with van der Waals surface area (Å²) in [6.45, 7) is 1.81. The van der Waals surface area contributed by atoms with E-state index in [1.54, 1.807) is 25.1 Å². The van der Waals surface area contributed by atoms with Gasteiger partial charge in [0.2, 0.25) is 5.91 Å². The van der Waals surface area contributed by atoms with Gasteiger partial charge in [-0.3, -0.25) is 24.6 Å². The van der Waals surface area contributed by atoms with Crippen molar-refractivity contribution < 1.29 is 14.5 Å². The molecule has 0 spiro atoms. The number of carbonyl (C=O) groups excluding carboxylic acids is 2. The van der Waals surface area contributed by atoms with Gasteiger partial charge in [0.1, 0.15) is 0 Å². The maximum atomic E-state index is 13.2. The van der Waals surface area contributed by atoms with E-state index in [0.29, 0.717) is 41.2 Å². The molecule has 0 saturated carbocycles. The fraction of sp³-hybridized carbons (Fsp3) is 0.273. The van der Waals surface area contributed by atoms with Crippen molar-refractivity contribution in [1.82, 2.24) is 0 Å². The molecule has 2 aromatic carbocycles. The van der Waals surface area contributed by atoms with Gasteiger partial charge in [-0.2, -0.15) is 0 Å². The smallest absolute Gasteiger partial charge is 0.271 e. The third-order valence-electron chi connectivity index (χ3n) is 5.57. The van der Waals surface area contributed by atoms with E-state index < -0.39 is 4.92 Å². The summed E-state index contributed by atoms with van der Waals surface area (Å²) in [5.41, 5.74) is 3.25. The van der Waals surface area contributed by atoms with Crippen molar-refractivity contribution in [2.45, 2.75) is 38.5 Å². The Labute approximate surface area is 172 Å². The maximum absolute atomic E-state index is 13.2. The first kappa shape index (κ1) is 19.3. The van der Waals surface area contributed by atoms with Crippen molar-refractivity contribution in [3.8, 4) is 0 Å². The minimum Gasteiger partial charge on any atom is -0.294 e. The van der Waals surface area contributed by atoms with Gasteiger partial charge in [-0.1, -0.05) is 29.8 Å². The predicted molar refractivity (Wildman–Crippen MR) is 110 cm³/mol. The van der Waals surface area contributed by atoms with E-state index in [2.05, 4.69) is 0 Å². The van der Waals surface area contributed by atoms with Gasteiger partial charge in [0.25, 0.3) is 5.69 Å². The van der Waals surface area contributed by atoms with Crippen molar-refractivity contribution in [2.75, 3.05) is 4.90 Å². The second-order valence-electron chi connectivity index (χ2n) is 7.41. The highest BCUT2D eigenvalue weighted by Crippen LogP contribution is 2.44. The number of non-ortho nitro benzene ring substituents is 1. The summed E-state index contributed by atoms with van der Waals surface area (Å²) in [6, 6.07) is 11.7. The molecule has 0 aromatic heterocycles. The highest BCUT2D eigenvalue weighted by Gasteiger charge is 2.40. The van der Waals surface area contributed by atoms with Crippen molar-refractivity contribution in [2.24, 2.45) is 0 Å². The van der Waals surface area contributed by atoms with Crippen LogP contribution in [-0.2, 0) is 9.59 Å². The zero-order valence-electron chi connectivity index (χ0n) is 15.9. The van der Waals surface area contributed by atoms with Gasteiger partial charge in [0.05, 0.1) is 10.6 Å². The predicted octanol–water partition coefficient (Wildman–Crippen LogP) is 5.08. The molecule has 2 aliphatic rings. The summed E-state index contributed by atoms with van der Waals surface area (Å²) in [6.07, 6.45) is 1.78. The lowest BCUT2D eigenvalue weighted by atomic mass is 9.77. The number of amides is 1. The number of aryl methyl sites for hydroxylation is 1. The Morgan fingerprint density at radius 2 is 1.93 bits per heavy atom. The minimum absolute atomic E-state index is 0.0248. The summed E-state index contributed by atoms with van der Waals surface area (Å²) >= 11 is 6.14. The van der Waals surface area contributed by atoms with E-state index in [4.69, 9.17) is 11.6 Å². The third-order valence-corrected chi connectivity index (χ3v) is 5.81. The van der Waals surface area contributed by atoms with Crippen LogP contribution in [0.3, 0.4) is 0 Å².